The van der Waals surface area contributed by atoms with Crippen molar-refractivity contribution in [1.82, 2.24) is 0 Å². The van der Waals surface area contributed by atoms with Crippen molar-refractivity contribution >= 4 is 13.3 Å². The molecule has 0 aliphatic heterocycles. The second-order valence-corrected chi connectivity index (χ2v) is 2.44. The molecule has 0 heterocycles. The topological polar surface area (TPSA) is 52.0 Å². The molecule has 0 spiro atoms. The van der Waals surface area contributed by atoms with Crippen molar-refractivity contribution in [1.29, 1.82) is 0 Å². The molecule has 1 aromatic rings. The standard InChI is InChI=1S/C8H11BN2/c9-8-3-6(4-10)1-2-7(8)5-11/h1-3H,4-5,10-11H2. The Morgan fingerprint density at radius 3 is 2.36 bits per heavy atom. The molecular formula is C8H11BN2. The molecule has 0 saturated carbocycles. The van der Waals surface area contributed by atoms with Crippen LogP contribution in [-0.2, 0) is 13.1 Å². The molecule has 0 atom stereocenters. The number of benzene rings is 1. The molecule has 0 aromatic heterocycles. The Labute approximate surface area is 68.0 Å². The smallest absolute Gasteiger partial charge is 0.114 e. The van der Waals surface area contributed by atoms with Gasteiger partial charge in [-0.25, -0.2) is 0 Å². The fourth-order valence-electron chi connectivity index (χ4n) is 0.957. The van der Waals surface area contributed by atoms with Crippen LogP contribution in [0, 0.1) is 0 Å². The van der Waals surface area contributed by atoms with Gasteiger partial charge in [0.25, 0.3) is 0 Å². The Morgan fingerprint density at radius 1 is 1.18 bits per heavy atom. The molecule has 0 fully saturated rings. The summed E-state index contributed by atoms with van der Waals surface area (Å²) in [4.78, 5) is 0. The van der Waals surface area contributed by atoms with Gasteiger partial charge in [-0.3, -0.25) is 0 Å². The highest BCUT2D eigenvalue weighted by Gasteiger charge is 1.95. The summed E-state index contributed by atoms with van der Waals surface area (Å²) in [6.07, 6.45) is 0. The summed E-state index contributed by atoms with van der Waals surface area (Å²) in [6.45, 7) is 1.01. The van der Waals surface area contributed by atoms with Crippen molar-refractivity contribution in [3.05, 3.63) is 29.3 Å². The Morgan fingerprint density at radius 2 is 1.91 bits per heavy atom. The average molecular weight is 146 g/mol. The first-order valence-electron chi connectivity index (χ1n) is 3.55. The van der Waals surface area contributed by atoms with Crippen LogP contribution in [0.2, 0.25) is 0 Å². The summed E-state index contributed by atoms with van der Waals surface area (Å²) in [5.74, 6) is 0. The Kier molecular flexibility index (Phi) is 2.68. The molecule has 0 aliphatic rings. The van der Waals surface area contributed by atoms with E-state index in [0.717, 1.165) is 16.6 Å². The SMILES string of the molecule is [B]c1cc(CN)ccc1CN. The van der Waals surface area contributed by atoms with E-state index in [0.29, 0.717) is 13.1 Å². The normalized spacial score (nSPS) is 10.0. The summed E-state index contributed by atoms with van der Waals surface area (Å²) < 4.78 is 0. The maximum atomic E-state index is 5.67. The van der Waals surface area contributed by atoms with Crippen molar-refractivity contribution < 1.29 is 0 Å². The highest BCUT2D eigenvalue weighted by molar-refractivity contribution is 6.33. The van der Waals surface area contributed by atoms with Gasteiger partial charge in [-0.1, -0.05) is 23.7 Å². The summed E-state index contributed by atoms with van der Waals surface area (Å²) >= 11 is 0. The fraction of sp³-hybridized carbons (Fsp3) is 0.250. The van der Waals surface area contributed by atoms with Crippen LogP contribution in [0.1, 0.15) is 11.1 Å². The van der Waals surface area contributed by atoms with Crippen molar-refractivity contribution in [3.8, 4) is 0 Å². The van der Waals surface area contributed by atoms with Crippen molar-refractivity contribution in [3.63, 3.8) is 0 Å². The monoisotopic (exact) mass is 146 g/mol. The van der Waals surface area contributed by atoms with Gasteiger partial charge in [0.2, 0.25) is 0 Å². The molecule has 4 N–H and O–H groups in total. The van der Waals surface area contributed by atoms with E-state index in [-0.39, 0.29) is 0 Å². The molecule has 0 unspecified atom stereocenters. The van der Waals surface area contributed by atoms with E-state index in [2.05, 4.69) is 0 Å². The lowest BCUT2D eigenvalue weighted by atomic mass is 9.89. The van der Waals surface area contributed by atoms with Gasteiger partial charge in [-0.05, 0) is 11.1 Å². The molecule has 0 bridgehead atoms. The first-order chi connectivity index (χ1) is 5.27. The summed E-state index contributed by atoms with van der Waals surface area (Å²) in [6, 6.07) is 5.72. The molecule has 0 amide bonds. The van der Waals surface area contributed by atoms with E-state index < -0.39 is 0 Å². The molecule has 1 aromatic carbocycles. The molecule has 1 rings (SSSR count). The zero-order valence-electron chi connectivity index (χ0n) is 6.38. The Balaban J connectivity index is 2.99. The van der Waals surface area contributed by atoms with Gasteiger partial charge in [0.05, 0.1) is 0 Å². The summed E-state index contributed by atoms with van der Waals surface area (Å²) in [5.41, 5.74) is 13.6. The molecule has 2 nitrogen and oxygen atoms in total. The average Bonchev–Trinajstić information content (AvgIpc) is 2.04. The zero-order valence-corrected chi connectivity index (χ0v) is 6.38. The Bertz CT molecular complexity index is 248. The highest BCUT2D eigenvalue weighted by atomic mass is 14.5. The van der Waals surface area contributed by atoms with Crippen LogP contribution in [0.4, 0.5) is 0 Å². The van der Waals surface area contributed by atoms with E-state index in [4.69, 9.17) is 19.3 Å². The van der Waals surface area contributed by atoms with E-state index in [1.165, 1.54) is 0 Å². The second-order valence-electron chi connectivity index (χ2n) is 2.44. The predicted molar refractivity (Wildman–Crippen MR) is 47.6 cm³/mol. The predicted octanol–water partition coefficient (Wildman–Crippen LogP) is -0.602. The minimum atomic E-state index is 0.483. The number of hydrogen-bond donors (Lipinski definition) is 2. The fourth-order valence-corrected chi connectivity index (χ4v) is 0.957. The largest absolute Gasteiger partial charge is 0.327 e. The van der Waals surface area contributed by atoms with Crippen LogP contribution in [0.3, 0.4) is 0 Å². The maximum Gasteiger partial charge on any atom is 0.114 e. The maximum absolute atomic E-state index is 5.67. The van der Waals surface area contributed by atoms with Crippen LogP contribution >= 0.6 is 0 Å². The third-order valence-electron chi connectivity index (χ3n) is 1.67. The van der Waals surface area contributed by atoms with Gasteiger partial charge in [0.15, 0.2) is 0 Å². The van der Waals surface area contributed by atoms with Crippen molar-refractivity contribution in [2.24, 2.45) is 11.5 Å². The van der Waals surface area contributed by atoms with E-state index >= 15 is 0 Å². The van der Waals surface area contributed by atoms with E-state index in [9.17, 15) is 0 Å². The van der Waals surface area contributed by atoms with Gasteiger partial charge >= 0.3 is 0 Å². The van der Waals surface area contributed by atoms with Gasteiger partial charge < -0.3 is 11.5 Å². The highest BCUT2D eigenvalue weighted by Crippen LogP contribution is 1.98. The second kappa shape index (κ2) is 3.55. The van der Waals surface area contributed by atoms with Crippen molar-refractivity contribution in [2.45, 2.75) is 13.1 Å². The number of nitrogens with two attached hydrogens (primary N) is 2. The van der Waals surface area contributed by atoms with Crippen LogP contribution in [0.5, 0.6) is 0 Å². The Hall–Kier alpha value is -0.795. The van der Waals surface area contributed by atoms with Gasteiger partial charge in [-0.15, -0.1) is 0 Å². The van der Waals surface area contributed by atoms with Crippen LogP contribution in [0.25, 0.3) is 0 Å². The molecule has 3 heteroatoms. The van der Waals surface area contributed by atoms with Crippen LogP contribution < -0.4 is 16.9 Å². The van der Waals surface area contributed by atoms with Crippen molar-refractivity contribution in [2.75, 3.05) is 0 Å². The van der Waals surface area contributed by atoms with Crippen LogP contribution in [0.15, 0.2) is 18.2 Å². The lowest BCUT2D eigenvalue weighted by Crippen LogP contribution is -2.15. The minimum absolute atomic E-state index is 0.483. The number of rotatable bonds is 2. The van der Waals surface area contributed by atoms with Gasteiger partial charge in [0, 0.05) is 13.1 Å². The summed E-state index contributed by atoms with van der Waals surface area (Å²) in [7, 11) is 5.67. The van der Waals surface area contributed by atoms with Gasteiger partial charge in [0.1, 0.15) is 7.85 Å². The lowest BCUT2D eigenvalue weighted by Gasteiger charge is -2.04. The third-order valence-corrected chi connectivity index (χ3v) is 1.67. The number of hydrogen-bond acceptors (Lipinski definition) is 2. The molecule has 0 saturated heterocycles. The molecule has 11 heavy (non-hydrogen) atoms. The van der Waals surface area contributed by atoms with Crippen LogP contribution in [-0.4, -0.2) is 7.85 Å². The molecule has 2 radical (unpaired) electrons. The summed E-state index contributed by atoms with van der Waals surface area (Å²) in [5, 5.41) is 0. The first-order valence-corrected chi connectivity index (χ1v) is 3.55. The molecule has 0 aliphatic carbocycles. The zero-order chi connectivity index (χ0) is 8.27. The van der Waals surface area contributed by atoms with E-state index in [1.54, 1.807) is 0 Å². The van der Waals surface area contributed by atoms with Gasteiger partial charge in [-0.2, -0.15) is 0 Å². The quantitative estimate of drug-likeness (QED) is 0.547. The lowest BCUT2D eigenvalue weighted by molar-refractivity contribution is 1.05. The third kappa shape index (κ3) is 1.82. The molecular weight excluding hydrogens is 135 g/mol. The minimum Gasteiger partial charge on any atom is -0.327 e. The van der Waals surface area contributed by atoms with E-state index in [1.807, 2.05) is 18.2 Å². The molecule has 56 valence electrons. The first kappa shape index (κ1) is 8.30.